The van der Waals surface area contributed by atoms with Gasteiger partial charge in [0.1, 0.15) is 17.6 Å². The van der Waals surface area contributed by atoms with Gasteiger partial charge in [0.15, 0.2) is 0 Å². The maximum Gasteiger partial charge on any atom is 0.253 e. The quantitative estimate of drug-likeness (QED) is 0.764. The second-order valence-corrected chi connectivity index (χ2v) is 7.33. The number of anilines is 1. The van der Waals surface area contributed by atoms with Crippen LogP contribution in [0.1, 0.15) is 18.0 Å². The Morgan fingerprint density at radius 2 is 1.61 bits per heavy atom. The van der Waals surface area contributed by atoms with Crippen LogP contribution in [0, 0.1) is 11.7 Å². The van der Waals surface area contributed by atoms with E-state index in [-0.39, 0.29) is 17.9 Å². The van der Waals surface area contributed by atoms with Crippen molar-refractivity contribution in [1.82, 2.24) is 10.0 Å². The van der Waals surface area contributed by atoms with Crippen molar-refractivity contribution in [3.63, 3.8) is 0 Å². The topological polar surface area (TPSA) is 53.1 Å². The SMILES string of the molecule is COc1ccccc1[C@H]1[C@@H]2C(=O)N(c3ccc(F)cc3)C(=O)[C@H]2N2CCCN12. The van der Waals surface area contributed by atoms with Crippen LogP contribution in [0.5, 0.6) is 5.75 Å². The third-order valence-electron chi connectivity index (χ3n) is 5.95. The number of fused-ring (bicyclic) bond motifs is 3. The molecule has 3 fully saturated rings. The zero-order valence-electron chi connectivity index (χ0n) is 15.4. The first-order chi connectivity index (χ1) is 13.6. The molecule has 6 nitrogen and oxygen atoms in total. The lowest BCUT2D eigenvalue weighted by Gasteiger charge is -2.30. The molecule has 3 saturated heterocycles. The molecule has 5 rings (SSSR count). The molecule has 0 spiro atoms. The van der Waals surface area contributed by atoms with Crippen LogP contribution in [0.4, 0.5) is 10.1 Å². The van der Waals surface area contributed by atoms with E-state index in [1.165, 1.54) is 29.2 Å². The minimum atomic E-state index is -0.532. The Hall–Kier alpha value is -2.77. The van der Waals surface area contributed by atoms with Crippen molar-refractivity contribution in [2.24, 2.45) is 5.92 Å². The van der Waals surface area contributed by atoms with E-state index in [9.17, 15) is 14.0 Å². The van der Waals surface area contributed by atoms with Gasteiger partial charge in [0, 0.05) is 18.7 Å². The highest BCUT2D eigenvalue weighted by Gasteiger charge is 2.63. The molecule has 28 heavy (non-hydrogen) atoms. The molecule has 3 aliphatic rings. The predicted molar refractivity (Wildman–Crippen MR) is 99.9 cm³/mol. The van der Waals surface area contributed by atoms with Crippen molar-refractivity contribution < 1.29 is 18.7 Å². The highest BCUT2D eigenvalue weighted by molar-refractivity contribution is 6.24. The van der Waals surface area contributed by atoms with Crippen LogP contribution < -0.4 is 9.64 Å². The zero-order chi connectivity index (χ0) is 19.4. The number of para-hydroxylation sites is 1. The number of hydrogen-bond acceptors (Lipinski definition) is 5. The normalized spacial score (nSPS) is 27.4. The molecule has 144 valence electrons. The van der Waals surface area contributed by atoms with E-state index in [4.69, 9.17) is 4.74 Å². The smallest absolute Gasteiger partial charge is 0.253 e. The molecule has 0 bridgehead atoms. The summed E-state index contributed by atoms with van der Waals surface area (Å²) >= 11 is 0. The van der Waals surface area contributed by atoms with Gasteiger partial charge >= 0.3 is 0 Å². The van der Waals surface area contributed by atoms with Gasteiger partial charge in [-0.25, -0.2) is 19.3 Å². The number of carbonyl (C=O) groups is 2. The third kappa shape index (κ3) is 2.33. The Bertz CT molecular complexity index is 948. The van der Waals surface area contributed by atoms with Gasteiger partial charge in [-0.3, -0.25) is 9.59 Å². The summed E-state index contributed by atoms with van der Waals surface area (Å²) in [5, 5.41) is 4.18. The van der Waals surface area contributed by atoms with Crippen LogP contribution in [0.15, 0.2) is 48.5 Å². The Kier molecular flexibility index (Phi) is 3.96. The molecule has 0 radical (unpaired) electrons. The molecular formula is C21H20FN3O3. The summed E-state index contributed by atoms with van der Waals surface area (Å²) in [6, 6.07) is 12.3. The molecule has 0 saturated carbocycles. The van der Waals surface area contributed by atoms with E-state index >= 15 is 0 Å². The van der Waals surface area contributed by atoms with Crippen LogP contribution in [0.25, 0.3) is 0 Å². The zero-order valence-corrected chi connectivity index (χ0v) is 15.4. The second kappa shape index (κ2) is 6.39. The first-order valence-corrected chi connectivity index (χ1v) is 9.41. The Morgan fingerprint density at radius 3 is 2.32 bits per heavy atom. The molecule has 0 aromatic heterocycles. The molecule has 2 aromatic carbocycles. The summed E-state index contributed by atoms with van der Waals surface area (Å²) in [5.41, 5.74) is 1.32. The molecule has 3 atom stereocenters. The van der Waals surface area contributed by atoms with E-state index in [1.807, 2.05) is 29.3 Å². The van der Waals surface area contributed by atoms with Crippen molar-refractivity contribution >= 4 is 17.5 Å². The van der Waals surface area contributed by atoms with Gasteiger partial charge in [0.2, 0.25) is 5.91 Å². The van der Waals surface area contributed by atoms with E-state index < -0.39 is 17.8 Å². The summed E-state index contributed by atoms with van der Waals surface area (Å²) in [5.74, 6) is -0.701. The molecule has 2 amide bonds. The van der Waals surface area contributed by atoms with Gasteiger partial charge < -0.3 is 4.74 Å². The largest absolute Gasteiger partial charge is 0.496 e. The standard InChI is InChI=1S/C21H20FN3O3/c1-28-16-6-3-2-5-15(16)18-17-19(24-12-4-11-23(18)24)21(27)25(20(17)26)14-9-7-13(22)8-10-14/h2-3,5-10,17-19H,4,11-12H2,1H3/t17-,18-,19-/m0/s1. The molecule has 3 aliphatic heterocycles. The fraction of sp³-hybridized carbons (Fsp3) is 0.333. The monoisotopic (exact) mass is 381 g/mol. The summed E-state index contributed by atoms with van der Waals surface area (Å²) in [7, 11) is 1.61. The highest BCUT2D eigenvalue weighted by atomic mass is 19.1. The molecule has 7 heteroatoms. The molecule has 0 unspecified atom stereocenters. The molecule has 0 N–H and O–H groups in total. The minimum absolute atomic E-state index is 0.244. The van der Waals surface area contributed by atoms with Gasteiger partial charge in [-0.2, -0.15) is 0 Å². The number of hydrazine groups is 1. The first-order valence-electron chi connectivity index (χ1n) is 9.41. The van der Waals surface area contributed by atoms with Gasteiger partial charge in [-0.1, -0.05) is 18.2 Å². The average molecular weight is 381 g/mol. The molecule has 0 aliphatic carbocycles. The lowest BCUT2D eigenvalue weighted by Crippen LogP contribution is -2.44. The highest BCUT2D eigenvalue weighted by Crippen LogP contribution is 2.50. The summed E-state index contributed by atoms with van der Waals surface area (Å²) < 4.78 is 18.9. The van der Waals surface area contributed by atoms with Crippen molar-refractivity contribution in [3.05, 3.63) is 59.9 Å². The van der Waals surface area contributed by atoms with Crippen LogP contribution in [-0.2, 0) is 9.59 Å². The van der Waals surface area contributed by atoms with Crippen molar-refractivity contribution in [1.29, 1.82) is 0 Å². The summed E-state index contributed by atoms with van der Waals surface area (Å²) in [6.45, 7) is 1.54. The lowest BCUT2D eigenvalue weighted by molar-refractivity contribution is -0.126. The summed E-state index contributed by atoms with van der Waals surface area (Å²) in [4.78, 5) is 27.9. The maximum absolute atomic E-state index is 13.4. The first kappa shape index (κ1) is 17.3. The molecule has 2 aromatic rings. The number of imide groups is 1. The number of halogens is 1. The number of carbonyl (C=O) groups excluding carboxylic acids is 2. The van der Waals surface area contributed by atoms with Crippen molar-refractivity contribution in [3.8, 4) is 5.75 Å². The number of benzene rings is 2. The number of nitrogens with zero attached hydrogens (tertiary/aromatic N) is 3. The number of methoxy groups -OCH3 is 1. The maximum atomic E-state index is 13.4. The number of amides is 2. The number of rotatable bonds is 3. The Labute approximate surface area is 162 Å². The fourth-order valence-corrected chi connectivity index (χ4v) is 4.84. The Morgan fingerprint density at radius 1 is 0.929 bits per heavy atom. The van der Waals surface area contributed by atoms with Gasteiger partial charge in [-0.05, 0) is 36.8 Å². The van der Waals surface area contributed by atoms with Crippen LogP contribution in [-0.4, -0.2) is 48.1 Å². The van der Waals surface area contributed by atoms with E-state index in [1.54, 1.807) is 7.11 Å². The van der Waals surface area contributed by atoms with Crippen molar-refractivity contribution in [2.75, 3.05) is 25.1 Å². The Balaban J connectivity index is 1.60. The minimum Gasteiger partial charge on any atom is -0.496 e. The summed E-state index contributed by atoms with van der Waals surface area (Å²) in [6.07, 6.45) is 0.937. The van der Waals surface area contributed by atoms with Crippen LogP contribution in [0.2, 0.25) is 0 Å². The van der Waals surface area contributed by atoms with E-state index in [0.29, 0.717) is 11.4 Å². The van der Waals surface area contributed by atoms with Crippen LogP contribution >= 0.6 is 0 Å². The second-order valence-electron chi connectivity index (χ2n) is 7.33. The average Bonchev–Trinajstić information content (AvgIpc) is 3.35. The molecule has 3 heterocycles. The van der Waals surface area contributed by atoms with Gasteiger partial charge in [0.25, 0.3) is 5.91 Å². The third-order valence-corrected chi connectivity index (χ3v) is 5.95. The lowest BCUT2D eigenvalue weighted by atomic mass is 9.89. The molecular weight excluding hydrogens is 361 g/mol. The number of ether oxygens (including phenoxy) is 1. The number of hydrogen-bond donors (Lipinski definition) is 0. The predicted octanol–water partition coefficient (Wildman–Crippen LogP) is 2.37. The van der Waals surface area contributed by atoms with Crippen LogP contribution in [0.3, 0.4) is 0 Å². The van der Waals surface area contributed by atoms with E-state index in [0.717, 1.165) is 25.1 Å². The van der Waals surface area contributed by atoms with Gasteiger partial charge in [0.05, 0.1) is 24.8 Å². The van der Waals surface area contributed by atoms with Gasteiger partial charge in [-0.15, -0.1) is 0 Å². The van der Waals surface area contributed by atoms with E-state index in [2.05, 4.69) is 5.01 Å². The van der Waals surface area contributed by atoms with Crippen molar-refractivity contribution in [2.45, 2.75) is 18.5 Å². The fourth-order valence-electron chi connectivity index (χ4n) is 4.84.